The molecule has 0 bridgehead atoms. The highest BCUT2D eigenvalue weighted by molar-refractivity contribution is 14.1. The molecule has 1 aliphatic carbocycles. The number of rotatable bonds is 5. The highest BCUT2D eigenvalue weighted by Gasteiger charge is 2.68. The van der Waals surface area contributed by atoms with Crippen molar-refractivity contribution in [3.05, 3.63) is 27.4 Å². The molecular formula is C22H26IN7O4. The lowest BCUT2D eigenvalue weighted by atomic mass is 9.96. The number of hydrogen-bond donors (Lipinski definition) is 2. The molecule has 1 amide bonds. The van der Waals surface area contributed by atoms with Gasteiger partial charge in [-0.1, -0.05) is 5.16 Å². The van der Waals surface area contributed by atoms with Crippen LogP contribution in [0.3, 0.4) is 0 Å². The van der Waals surface area contributed by atoms with Gasteiger partial charge in [-0.25, -0.2) is 19.4 Å². The van der Waals surface area contributed by atoms with Gasteiger partial charge >= 0.3 is 6.09 Å². The average Bonchev–Trinajstić information content (AvgIpc) is 3.08. The van der Waals surface area contributed by atoms with Crippen LogP contribution in [-0.4, -0.2) is 62.3 Å². The number of nitrogens with zero attached hydrogens (tertiary/aromatic N) is 6. The van der Waals surface area contributed by atoms with Crippen molar-refractivity contribution in [1.29, 1.82) is 0 Å². The lowest BCUT2D eigenvalue weighted by molar-refractivity contribution is -0.0372. The number of piperidine rings is 1. The molecule has 0 aromatic carbocycles. The molecule has 180 valence electrons. The fourth-order valence-electron chi connectivity index (χ4n) is 5.86. The van der Waals surface area contributed by atoms with E-state index in [-0.39, 0.29) is 17.6 Å². The first kappa shape index (κ1) is 22.0. The summed E-state index contributed by atoms with van der Waals surface area (Å²) < 4.78 is 14.0. The third-order valence-corrected chi connectivity index (χ3v) is 8.29. The van der Waals surface area contributed by atoms with E-state index in [4.69, 9.17) is 19.2 Å². The van der Waals surface area contributed by atoms with Crippen LogP contribution >= 0.6 is 22.6 Å². The van der Waals surface area contributed by atoms with Gasteiger partial charge in [0.2, 0.25) is 0 Å². The van der Waals surface area contributed by atoms with Crippen molar-refractivity contribution < 1.29 is 19.2 Å². The highest BCUT2D eigenvalue weighted by Crippen LogP contribution is 2.63. The van der Waals surface area contributed by atoms with Crippen LogP contribution in [0.2, 0.25) is 0 Å². The van der Waals surface area contributed by atoms with Crippen molar-refractivity contribution in [2.75, 3.05) is 31.1 Å². The van der Waals surface area contributed by atoms with Gasteiger partial charge in [-0.2, -0.15) is 5.10 Å². The van der Waals surface area contributed by atoms with Gasteiger partial charge in [0, 0.05) is 37.7 Å². The summed E-state index contributed by atoms with van der Waals surface area (Å²) in [5.74, 6) is 2.14. The average molecular weight is 579 g/mol. The van der Waals surface area contributed by atoms with E-state index in [1.165, 1.54) is 0 Å². The molecule has 3 fully saturated rings. The molecule has 6 rings (SSSR count). The van der Waals surface area contributed by atoms with Crippen LogP contribution in [0, 0.1) is 22.5 Å². The Morgan fingerprint density at radius 1 is 1.35 bits per heavy atom. The van der Waals surface area contributed by atoms with Crippen molar-refractivity contribution in [2.45, 2.75) is 44.2 Å². The number of carbonyl (C=O) groups is 1. The van der Waals surface area contributed by atoms with E-state index in [0.29, 0.717) is 12.5 Å². The molecule has 0 radical (unpaired) electrons. The zero-order chi connectivity index (χ0) is 23.4. The first-order valence-corrected chi connectivity index (χ1v) is 12.7. The predicted octanol–water partition coefficient (Wildman–Crippen LogP) is 3.09. The number of amides is 1. The molecule has 12 heteroatoms. The lowest BCUT2D eigenvalue weighted by Crippen LogP contribution is -2.35. The largest absolute Gasteiger partial charge is 0.465 e. The summed E-state index contributed by atoms with van der Waals surface area (Å²) in [5.41, 5.74) is 2.02. The Kier molecular flexibility index (Phi) is 5.39. The molecule has 34 heavy (non-hydrogen) atoms. The summed E-state index contributed by atoms with van der Waals surface area (Å²) in [6.07, 6.45) is 4.71. The molecule has 3 aromatic rings. The third kappa shape index (κ3) is 3.53. The maximum atomic E-state index is 11.3. The number of hydrogen-bond acceptors (Lipinski definition) is 8. The molecule has 3 aliphatic rings. The number of nitrogens with one attached hydrogen (secondary N) is 1. The number of halogens is 1. The highest BCUT2D eigenvalue weighted by atomic mass is 127. The second kappa shape index (κ2) is 8.33. The van der Waals surface area contributed by atoms with E-state index >= 15 is 0 Å². The normalized spacial score (nSPS) is 28.6. The van der Waals surface area contributed by atoms with E-state index in [1.807, 2.05) is 23.9 Å². The van der Waals surface area contributed by atoms with Gasteiger partial charge in [-0.3, -0.25) is 0 Å². The Balaban J connectivity index is 1.29. The second-order valence-corrected chi connectivity index (χ2v) is 10.4. The molecule has 5 heterocycles. The Morgan fingerprint density at radius 2 is 2.24 bits per heavy atom. The minimum atomic E-state index is -1.02. The van der Waals surface area contributed by atoms with Gasteiger partial charge in [0.05, 0.1) is 11.9 Å². The molecule has 3 aromatic heterocycles. The summed E-state index contributed by atoms with van der Waals surface area (Å²) >= 11 is 2.20. The zero-order valence-corrected chi connectivity index (χ0v) is 20.9. The van der Waals surface area contributed by atoms with E-state index in [9.17, 15) is 9.90 Å². The molecule has 2 N–H and O–H groups in total. The first-order valence-electron chi connectivity index (χ1n) is 11.7. The quantitative estimate of drug-likeness (QED) is 0.438. The van der Waals surface area contributed by atoms with E-state index in [1.54, 1.807) is 0 Å². The SMILES string of the molecule is Cc1cc(C2(CNC(=O)O)C3CCN(c4cnc5c(I)nn(C6CCCCO6)c5n4)CC32)no1. The smallest absolute Gasteiger partial charge is 0.404 e. The van der Waals surface area contributed by atoms with Crippen molar-refractivity contribution in [3.8, 4) is 0 Å². The Morgan fingerprint density at radius 3 is 2.97 bits per heavy atom. The fraction of sp³-hybridized carbons (Fsp3) is 0.591. The maximum absolute atomic E-state index is 11.3. The number of ether oxygens (including phenoxy) is 1. The van der Waals surface area contributed by atoms with Gasteiger partial charge in [0.15, 0.2) is 15.6 Å². The minimum absolute atomic E-state index is 0.108. The van der Waals surface area contributed by atoms with E-state index in [0.717, 1.165) is 77.5 Å². The van der Waals surface area contributed by atoms with Gasteiger partial charge in [-0.05, 0) is 67.0 Å². The van der Waals surface area contributed by atoms with Crippen molar-refractivity contribution >= 4 is 45.7 Å². The summed E-state index contributed by atoms with van der Waals surface area (Å²) in [6.45, 7) is 4.49. The molecular weight excluding hydrogens is 553 g/mol. The second-order valence-electron chi connectivity index (χ2n) is 9.43. The Labute approximate surface area is 209 Å². The van der Waals surface area contributed by atoms with Crippen LogP contribution in [0.15, 0.2) is 16.8 Å². The monoisotopic (exact) mass is 579 g/mol. The lowest BCUT2D eigenvalue weighted by Gasteiger charge is -2.27. The van der Waals surface area contributed by atoms with Gasteiger partial charge in [-0.15, -0.1) is 0 Å². The molecule has 4 unspecified atom stereocenters. The number of aromatic nitrogens is 5. The van der Waals surface area contributed by atoms with Gasteiger partial charge in [0.25, 0.3) is 0 Å². The van der Waals surface area contributed by atoms with Crippen LogP contribution in [0.1, 0.15) is 43.4 Å². The maximum Gasteiger partial charge on any atom is 0.404 e. The fourth-order valence-corrected chi connectivity index (χ4v) is 6.47. The molecule has 1 saturated carbocycles. The summed E-state index contributed by atoms with van der Waals surface area (Å²) in [6, 6.07) is 1.93. The molecule has 0 spiro atoms. The van der Waals surface area contributed by atoms with Crippen LogP contribution in [-0.2, 0) is 10.2 Å². The minimum Gasteiger partial charge on any atom is -0.465 e. The van der Waals surface area contributed by atoms with Crippen LogP contribution in [0.4, 0.5) is 10.6 Å². The van der Waals surface area contributed by atoms with Crippen LogP contribution < -0.4 is 10.2 Å². The van der Waals surface area contributed by atoms with Gasteiger partial charge < -0.3 is 24.6 Å². The third-order valence-electron chi connectivity index (χ3n) is 7.57. The number of carboxylic acid groups (broad SMARTS) is 1. The van der Waals surface area contributed by atoms with E-state index < -0.39 is 6.09 Å². The number of aryl methyl sites for hydroxylation is 1. The number of fused-ring (bicyclic) bond motifs is 2. The molecule has 11 nitrogen and oxygen atoms in total. The summed E-state index contributed by atoms with van der Waals surface area (Å²) in [7, 11) is 0. The number of anilines is 1. The zero-order valence-electron chi connectivity index (χ0n) is 18.8. The van der Waals surface area contributed by atoms with Crippen molar-refractivity contribution in [1.82, 2.24) is 30.2 Å². The predicted molar refractivity (Wildman–Crippen MR) is 130 cm³/mol. The first-order chi connectivity index (χ1) is 16.5. The standard InChI is InChI=1S/C22H26IN7O4/c1-12-8-15(28-34-12)22(11-25-21(31)32)13-5-6-29(10-14(13)22)16-9-24-18-19(23)27-30(20(18)26-16)17-4-2-3-7-33-17/h8-9,13-14,17,25H,2-7,10-11H2,1H3,(H,31,32). The van der Waals surface area contributed by atoms with Crippen LogP contribution in [0.25, 0.3) is 11.2 Å². The topological polar surface area (TPSA) is 131 Å². The molecule has 4 atom stereocenters. The summed E-state index contributed by atoms with van der Waals surface area (Å²) in [4.78, 5) is 23.2. The molecule has 2 saturated heterocycles. The molecule has 2 aliphatic heterocycles. The Hall–Kier alpha value is -2.48. The van der Waals surface area contributed by atoms with E-state index in [2.05, 4.69) is 43.1 Å². The summed E-state index contributed by atoms with van der Waals surface area (Å²) in [5, 5.41) is 20.8. The Bertz CT molecular complexity index is 1240. The van der Waals surface area contributed by atoms with Gasteiger partial charge in [0.1, 0.15) is 17.1 Å². The van der Waals surface area contributed by atoms with Crippen molar-refractivity contribution in [3.63, 3.8) is 0 Å². The van der Waals surface area contributed by atoms with Crippen molar-refractivity contribution in [2.24, 2.45) is 11.8 Å². The van der Waals surface area contributed by atoms with Crippen LogP contribution in [0.5, 0.6) is 0 Å².